The van der Waals surface area contributed by atoms with Gasteiger partial charge in [-0.1, -0.05) is 12.5 Å². The first kappa shape index (κ1) is 16.1. The Kier molecular flexibility index (Phi) is 5.79. The van der Waals surface area contributed by atoms with Gasteiger partial charge in [-0.25, -0.2) is 0 Å². The van der Waals surface area contributed by atoms with Gasteiger partial charge in [-0.05, 0) is 59.6 Å². The summed E-state index contributed by atoms with van der Waals surface area (Å²) < 4.78 is 0. The van der Waals surface area contributed by atoms with E-state index in [0.717, 1.165) is 17.3 Å². The smallest absolute Gasteiger partial charge is 0.0265 e. The molecule has 0 saturated carbocycles. The van der Waals surface area contributed by atoms with Crippen molar-refractivity contribution < 1.29 is 0 Å². The van der Waals surface area contributed by atoms with E-state index in [0.29, 0.717) is 5.54 Å². The van der Waals surface area contributed by atoms with Crippen molar-refractivity contribution in [2.24, 2.45) is 0 Å². The topological polar surface area (TPSA) is 3.01 Å². The lowest BCUT2D eigenvalue weighted by Gasteiger charge is -2.22. The number of thioether (sulfide) groups is 1. The van der Waals surface area contributed by atoms with Crippen molar-refractivity contribution in [3.63, 3.8) is 0 Å². The van der Waals surface area contributed by atoms with Gasteiger partial charge in [0.25, 0.3) is 0 Å². The SMILES string of the molecule is C=C(C)CC(CC)SCCC1C(C)N1C(C)(C)C. The molecule has 18 heavy (non-hydrogen) atoms. The molecule has 1 rings (SSSR count). The van der Waals surface area contributed by atoms with Gasteiger partial charge in [0.15, 0.2) is 0 Å². The van der Waals surface area contributed by atoms with Gasteiger partial charge >= 0.3 is 0 Å². The third-order valence-corrected chi connectivity index (χ3v) is 5.28. The molecule has 2 heteroatoms. The predicted molar refractivity (Wildman–Crippen MR) is 85.4 cm³/mol. The zero-order chi connectivity index (χ0) is 13.9. The molecule has 0 aromatic rings. The van der Waals surface area contributed by atoms with Crippen LogP contribution in [0, 0.1) is 0 Å². The molecular formula is C16H31NS. The van der Waals surface area contributed by atoms with Crippen molar-refractivity contribution in [2.45, 2.75) is 83.7 Å². The van der Waals surface area contributed by atoms with Gasteiger partial charge in [0.2, 0.25) is 0 Å². The Bertz CT molecular complexity index is 279. The zero-order valence-electron chi connectivity index (χ0n) is 13.1. The molecular weight excluding hydrogens is 238 g/mol. The lowest BCUT2D eigenvalue weighted by atomic mass is 10.1. The van der Waals surface area contributed by atoms with Crippen LogP contribution in [0.5, 0.6) is 0 Å². The van der Waals surface area contributed by atoms with Crippen LogP contribution in [0.3, 0.4) is 0 Å². The Morgan fingerprint density at radius 3 is 2.39 bits per heavy atom. The Balaban J connectivity index is 2.25. The minimum atomic E-state index is 0.344. The minimum absolute atomic E-state index is 0.344. The van der Waals surface area contributed by atoms with E-state index in [1.54, 1.807) is 0 Å². The fraction of sp³-hybridized carbons (Fsp3) is 0.875. The van der Waals surface area contributed by atoms with E-state index in [2.05, 4.69) is 64.8 Å². The summed E-state index contributed by atoms with van der Waals surface area (Å²) in [6.07, 6.45) is 3.79. The molecule has 1 nitrogen and oxygen atoms in total. The van der Waals surface area contributed by atoms with E-state index >= 15 is 0 Å². The first-order valence-electron chi connectivity index (χ1n) is 7.31. The number of hydrogen-bond donors (Lipinski definition) is 0. The third-order valence-electron chi connectivity index (χ3n) is 3.84. The first-order chi connectivity index (χ1) is 8.27. The Morgan fingerprint density at radius 2 is 2.00 bits per heavy atom. The second kappa shape index (κ2) is 6.47. The van der Waals surface area contributed by atoms with Crippen LogP contribution >= 0.6 is 11.8 Å². The highest BCUT2D eigenvalue weighted by Crippen LogP contribution is 2.39. The lowest BCUT2D eigenvalue weighted by Crippen LogP contribution is -2.28. The largest absolute Gasteiger partial charge is 0.290 e. The summed E-state index contributed by atoms with van der Waals surface area (Å²) in [5.41, 5.74) is 1.67. The molecule has 0 aromatic heterocycles. The van der Waals surface area contributed by atoms with Gasteiger partial charge < -0.3 is 0 Å². The molecule has 0 aliphatic carbocycles. The van der Waals surface area contributed by atoms with Crippen LogP contribution in [0.25, 0.3) is 0 Å². The van der Waals surface area contributed by atoms with Crippen LogP contribution in [-0.2, 0) is 0 Å². The standard InChI is InChI=1S/C16H31NS/c1-8-14(11-12(2)3)18-10-9-15-13(4)17(15)16(5,6)7/h13-15H,2,8-11H2,1,3-7H3. The van der Waals surface area contributed by atoms with E-state index in [4.69, 9.17) is 0 Å². The van der Waals surface area contributed by atoms with E-state index in [1.807, 2.05) is 0 Å². The predicted octanol–water partition coefficient (Wildman–Crippen LogP) is 4.73. The highest BCUT2D eigenvalue weighted by Gasteiger charge is 2.49. The molecule has 1 aliphatic rings. The van der Waals surface area contributed by atoms with Crippen LogP contribution in [0.1, 0.15) is 60.8 Å². The maximum Gasteiger partial charge on any atom is 0.0265 e. The minimum Gasteiger partial charge on any atom is -0.290 e. The number of allylic oxidation sites excluding steroid dienone is 1. The zero-order valence-corrected chi connectivity index (χ0v) is 13.9. The Labute approximate surface area is 118 Å². The monoisotopic (exact) mass is 269 g/mol. The second-order valence-corrected chi connectivity index (χ2v) is 8.15. The van der Waals surface area contributed by atoms with E-state index in [-0.39, 0.29) is 0 Å². The number of hydrogen-bond acceptors (Lipinski definition) is 2. The second-order valence-electron chi connectivity index (χ2n) is 6.74. The fourth-order valence-electron chi connectivity index (χ4n) is 2.97. The first-order valence-corrected chi connectivity index (χ1v) is 8.36. The van der Waals surface area contributed by atoms with Crippen molar-refractivity contribution in [3.05, 3.63) is 12.2 Å². The Hall–Kier alpha value is 0.0500. The molecule has 1 fully saturated rings. The molecule has 0 bridgehead atoms. The van der Waals surface area contributed by atoms with Gasteiger partial charge in [-0.2, -0.15) is 11.8 Å². The van der Waals surface area contributed by atoms with Crippen LogP contribution in [0.15, 0.2) is 12.2 Å². The molecule has 1 saturated heterocycles. The molecule has 0 aromatic carbocycles. The van der Waals surface area contributed by atoms with Crippen molar-refractivity contribution in [2.75, 3.05) is 5.75 Å². The summed E-state index contributed by atoms with van der Waals surface area (Å²) in [7, 11) is 0. The van der Waals surface area contributed by atoms with Crippen molar-refractivity contribution in [1.82, 2.24) is 4.90 Å². The van der Waals surface area contributed by atoms with Crippen molar-refractivity contribution in [1.29, 1.82) is 0 Å². The Morgan fingerprint density at radius 1 is 1.39 bits per heavy atom. The molecule has 0 radical (unpaired) electrons. The highest BCUT2D eigenvalue weighted by atomic mass is 32.2. The van der Waals surface area contributed by atoms with Crippen molar-refractivity contribution >= 4 is 11.8 Å². The summed E-state index contributed by atoms with van der Waals surface area (Å²) in [5, 5.41) is 0.777. The molecule has 1 heterocycles. The van der Waals surface area contributed by atoms with Crippen LogP contribution in [0.2, 0.25) is 0 Å². The molecule has 0 amide bonds. The molecule has 106 valence electrons. The molecule has 1 aliphatic heterocycles. The van der Waals surface area contributed by atoms with E-state index in [9.17, 15) is 0 Å². The summed E-state index contributed by atoms with van der Waals surface area (Å²) in [6.45, 7) is 17.8. The summed E-state index contributed by atoms with van der Waals surface area (Å²) in [5.74, 6) is 1.30. The maximum absolute atomic E-state index is 4.03. The van der Waals surface area contributed by atoms with Crippen LogP contribution < -0.4 is 0 Å². The van der Waals surface area contributed by atoms with Gasteiger partial charge in [0.1, 0.15) is 0 Å². The van der Waals surface area contributed by atoms with E-state index in [1.165, 1.54) is 30.6 Å². The van der Waals surface area contributed by atoms with Crippen LogP contribution in [-0.4, -0.2) is 33.5 Å². The molecule has 4 unspecified atom stereocenters. The average molecular weight is 269 g/mol. The molecule has 0 N–H and O–H groups in total. The quantitative estimate of drug-likeness (QED) is 0.485. The maximum atomic E-state index is 4.03. The number of rotatable bonds is 7. The fourth-order valence-corrected chi connectivity index (χ4v) is 4.32. The highest BCUT2D eigenvalue weighted by molar-refractivity contribution is 7.99. The van der Waals surface area contributed by atoms with E-state index < -0.39 is 0 Å². The number of nitrogens with zero attached hydrogens (tertiary/aromatic N) is 1. The average Bonchev–Trinajstić information content (AvgIpc) is 2.87. The van der Waals surface area contributed by atoms with Crippen molar-refractivity contribution in [3.8, 4) is 0 Å². The summed E-state index contributed by atoms with van der Waals surface area (Å²) >= 11 is 2.15. The molecule has 4 atom stereocenters. The summed E-state index contributed by atoms with van der Waals surface area (Å²) in [6, 6.07) is 1.60. The normalized spacial score (nSPS) is 29.1. The lowest BCUT2D eigenvalue weighted by molar-refractivity contribution is 0.271. The van der Waals surface area contributed by atoms with Gasteiger partial charge in [0, 0.05) is 22.9 Å². The van der Waals surface area contributed by atoms with Gasteiger partial charge in [-0.3, -0.25) is 4.90 Å². The van der Waals surface area contributed by atoms with Gasteiger partial charge in [-0.15, -0.1) is 6.58 Å². The third kappa shape index (κ3) is 4.62. The van der Waals surface area contributed by atoms with Crippen LogP contribution in [0.4, 0.5) is 0 Å². The van der Waals surface area contributed by atoms with Gasteiger partial charge in [0.05, 0.1) is 0 Å². The molecule has 0 spiro atoms. The summed E-state index contributed by atoms with van der Waals surface area (Å²) in [4.78, 5) is 2.65.